The smallest absolute Gasteiger partial charge is 0.0983 e. The van der Waals surface area contributed by atoms with Crippen LogP contribution in [0.25, 0.3) is 0 Å². The number of hydrogen-bond acceptors (Lipinski definition) is 4. The predicted molar refractivity (Wildman–Crippen MR) is 70.4 cm³/mol. The second kappa shape index (κ2) is 5.34. The largest absolute Gasteiger partial charge is 0.386 e. The van der Waals surface area contributed by atoms with Crippen molar-refractivity contribution in [1.82, 2.24) is 9.88 Å². The highest BCUT2D eigenvalue weighted by molar-refractivity contribution is 5.21. The Hall–Kier alpha value is -0.970. The standard InChI is InChI=1S/C14H22N2O2/c1-11-8-12(10-15-9-11)13(17)14(2,3)16-4-6-18-7-5-16/h8-10,13,17H,4-7H2,1-3H3. The molecule has 1 saturated heterocycles. The molecule has 1 atom stereocenters. The minimum Gasteiger partial charge on any atom is -0.386 e. The first-order valence-corrected chi connectivity index (χ1v) is 6.44. The number of aryl methyl sites for hydroxylation is 1. The molecule has 1 aromatic heterocycles. The van der Waals surface area contributed by atoms with Gasteiger partial charge in [-0.3, -0.25) is 9.88 Å². The number of aliphatic hydroxyl groups excluding tert-OH is 1. The van der Waals surface area contributed by atoms with E-state index in [0.29, 0.717) is 0 Å². The van der Waals surface area contributed by atoms with Crippen LogP contribution in [-0.4, -0.2) is 46.8 Å². The number of aromatic nitrogens is 1. The van der Waals surface area contributed by atoms with E-state index in [1.54, 1.807) is 12.4 Å². The van der Waals surface area contributed by atoms with Crippen molar-refractivity contribution >= 4 is 0 Å². The van der Waals surface area contributed by atoms with Crippen molar-refractivity contribution in [2.24, 2.45) is 0 Å². The average molecular weight is 250 g/mol. The van der Waals surface area contributed by atoms with Gasteiger partial charge in [0.25, 0.3) is 0 Å². The molecule has 18 heavy (non-hydrogen) atoms. The first-order chi connectivity index (χ1) is 8.51. The molecular formula is C14H22N2O2. The van der Waals surface area contributed by atoms with Crippen molar-refractivity contribution in [3.8, 4) is 0 Å². The van der Waals surface area contributed by atoms with E-state index < -0.39 is 6.10 Å². The summed E-state index contributed by atoms with van der Waals surface area (Å²) in [6, 6.07) is 2.00. The van der Waals surface area contributed by atoms with Gasteiger partial charge in [0.2, 0.25) is 0 Å². The molecule has 0 aromatic carbocycles. The van der Waals surface area contributed by atoms with Crippen LogP contribution >= 0.6 is 0 Å². The molecule has 100 valence electrons. The van der Waals surface area contributed by atoms with E-state index in [0.717, 1.165) is 37.4 Å². The molecule has 0 saturated carbocycles. The summed E-state index contributed by atoms with van der Waals surface area (Å²) in [6.07, 6.45) is 3.01. The molecule has 1 aliphatic heterocycles. The fraction of sp³-hybridized carbons (Fsp3) is 0.643. The van der Waals surface area contributed by atoms with Crippen molar-refractivity contribution in [3.05, 3.63) is 29.6 Å². The number of nitrogens with zero attached hydrogens (tertiary/aromatic N) is 2. The lowest BCUT2D eigenvalue weighted by atomic mass is 9.89. The molecule has 1 unspecified atom stereocenters. The Bertz CT molecular complexity index is 401. The monoisotopic (exact) mass is 250 g/mol. The Morgan fingerprint density at radius 2 is 2.00 bits per heavy atom. The Balaban J connectivity index is 2.17. The number of pyridine rings is 1. The maximum absolute atomic E-state index is 10.6. The third kappa shape index (κ3) is 2.71. The number of ether oxygens (including phenoxy) is 1. The Labute approximate surface area is 109 Å². The lowest BCUT2D eigenvalue weighted by molar-refractivity contribution is -0.0631. The molecule has 0 bridgehead atoms. The van der Waals surface area contributed by atoms with Crippen LogP contribution in [-0.2, 0) is 4.74 Å². The zero-order chi connectivity index (χ0) is 13.2. The Kier molecular flexibility index (Phi) is 4.00. The Morgan fingerprint density at radius 3 is 2.61 bits per heavy atom. The average Bonchev–Trinajstić information content (AvgIpc) is 2.39. The minimum atomic E-state index is -0.539. The van der Waals surface area contributed by atoms with Gasteiger partial charge in [0, 0.05) is 36.6 Å². The quantitative estimate of drug-likeness (QED) is 0.884. The number of rotatable bonds is 3. The molecule has 1 fully saturated rings. The topological polar surface area (TPSA) is 45.6 Å². The molecule has 1 aliphatic rings. The molecular weight excluding hydrogens is 228 g/mol. The van der Waals surface area contributed by atoms with E-state index in [2.05, 4.69) is 23.7 Å². The lowest BCUT2D eigenvalue weighted by Crippen LogP contribution is -2.53. The van der Waals surface area contributed by atoms with Crippen molar-refractivity contribution in [3.63, 3.8) is 0 Å². The van der Waals surface area contributed by atoms with Gasteiger partial charge >= 0.3 is 0 Å². The fourth-order valence-electron chi connectivity index (χ4n) is 2.45. The summed E-state index contributed by atoms with van der Waals surface area (Å²) in [5.74, 6) is 0. The second-order valence-corrected chi connectivity index (χ2v) is 5.45. The van der Waals surface area contributed by atoms with E-state index in [1.165, 1.54) is 0 Å². The van der Waals surface area contributed by atoms with E-state index in [9.17, 15) is 5.11 Å². The summed E-state index contributed by atoms with van der Waals surface area (Å²) in [4.78, 5) is 6.44. The summed E-state index contributed by atoms with van der Waals surface area (Å²) in [5.41, 5.74) is 1.65. The van der Waals surface area contributed by atoms with Crippen LogP contribution in [0.2, 0.25) is 0 Å². The summed E-state index contributed by atoms with van der Waals surface area (Å²) in [6.45, 7) is 9.35. The van der Waals surface area contributed by atoms with Gasteiger partial charge in [-0.25, -0.2) is 0 Å². The molecule has 1 N–H and O–H groups in total. The van der Waals surface area contributed by atoms with Crippen molar-refractivity contribution in [1.29, 1.82) is 0 Å². The van der Waals surface area contributed by atoms with Crippen LogP contribution in [0.15, 0.2) is 18.5 Å². The van der Waals surface area contributed by atoms with Crippen molar-refractivity contribution < 1.29 is 9.84 Å². The van der Waals surface area contributed by atoms with Gasteiger partial charge in [-0.1, -0.05) is 6.07 Å². The van der Waals surface area contributed by atoms with Crippen LogP contribution in [0, 0.1) is 6.92 Å². The van der Waals surface area contributed by atoms with Crippen LogP contribution in [0.4, 0.5) is 0 Å². The summed E-state index contributed by atoms with van der Waals surface area (Å²) >= 11 is 0. The van der Waals surface area contributed by atoms with Crippen LogP contribution in [0.5, 0.6) is 0 Å². The SMILES string of the molecule is Cc1cncc(C(O)C(C)(C)N2CCOCC2)c1. The normalized spacial score (nSPS) is 19.8. The molecule has 4 heteroatoms. The molecule has 2 rings (SSSR count). The molecule has 0 aliphatic carbocycles. The van der Waals surface area contributed by atoms with Gasteiger partial charge in [-0.2, -0.15) is 0 Å². The van der Waals surface area contributed by atoms with Crippen LogP contribution in [0.3, 0.4) is 0 Å². The predicted octanol–water partition coefficient (Wildman–Crippen LogP) is 1.53. The fourth-order valence-corrected chi connectivity index (χ4v) is 2.45. The molecule has 0 radical (unpaired) electrons. The van der Waals surface area contributed by atoms with Crippen LogP contribution < -0.4 is 0 Å². The van der Waals surface area contributed by atoms with E-state index in [-0.39, 0.29) is 5.54 Å². The van der Waals surface area contributed by atoms with Gasteiger partial charge in [-0.05, 0) is 26.3 Å². The van der Waals surface area contributed by atoms with Gasteiger partial charge in [0.15, 0.2) is 0 Å². The summed E-state index contributed by atoms with van der Waals surface area (Å²) < 4.78 is 5.36. The zero-order valence-electron chi connectivity index (χ0n) is 11.4. The van der Waals surface area contributed by atoms with E-state index >= 15 is 0 Å². The van der Waals surface area contributed by atoms with E-state index in [4.69, 9.17) is 4.74 Å². The van der Waals surface area contributed by atoms with Gasteiger partial charge < -0.3 is 9.84 Å². The highest BCUT2D eigenvalue weighted by Crippen LogP contribution is 2.31. The number of hydrogen-bond donors (Lipinski definition) is 1. The second-order valence-electron chi connectivity index (χ2n) is 5.45. The lowest BCUT2D eigenvalue weighted by Gasteiger charge is -2.43. The highest BCUT2D eigenvalue weighted by Gasteiger charge is 2.36. The van der Waals surface area contributed by atoms with Crippen LogP contribution in [0.1, 0.15) is 31.1 Å². The molecule has 0 spiro atoms. The number of morpholine rings is 1. The van der Waals surface area contributed by atoms with Gasteiger partial charge in [0.1, 0.15) is 0 Å². The third-order valence-corrected chi connectivity index (χ3v) is 3.71. The van der Waals surface area contributed by atoms with Gasteiger partial charge in [0.05, 0.1) is 19.3 Å². The maximum atomic E-state index is 10.6. The summed E-state index contributed by atoms with van der Waals surface area (Å²) in [7, 11) is 0. The third-order valence-electron chi connectivity index (χ3n) is 3.71. The first-order valence-electron chi connectivity index (χ1n) is 6.44. The van der Waals surface area contributed by atoms with Crippen molar-refractivity contribution in [2.75, 3.05) is 26.3 Å². The molecule has 2 heterocycles. The van der Waals surface area contributed by atoms with Gasteiger partial charge in [-0.15, -0.1) is 0 Å². The zero-order valence-corrected chi connectivity index (χ0v) is 11.4. The van der Waals surface area contributed by atoms with Crippen molar-refractivity contribution in [2.45, 2.75) is 32.4 Å². The highest BCUT2D eigenvalue weighted by atomic mass is 16.5. The molecule has 0 amide bonds. The number of aliphatic hydroxyl groups is 1. The maximum Gasteiger partial charge on any atom is 0.0983 e. The van der Waals surface area contributed by atoms with E-state index in [1.807, 2.05) is 13.0 Å². The minimum absolute atomic E-state index is 0.306. The summed E-state index contributed by atoms with van der Waals surface area (Å²) in [5, 5.41) is 10.6. The Morgan fingerprint density at radius 1 is 1.33 bits per heavy atom. The first kappa shape index (κ1) is 13.5. The molecule has 1 aromatic rings. The molecule has 4 nitrogen and oxygen atoms in total.